The summed E-state index contributed by atoms with van der Waals surface area (Å²) in [5, 5.41) is 5.35. The molecule has 12 heteroatoms. The first-order valence-electron chi connectivity index (χ1n) is 14.0. The summed E-state index contributed by atoms with van der Waals surface area (Å²) >= 11 is 0. The fourth-order valence-electron chi connectivity index (χ4n) is 5.31. The largest absolute Gasteiger partial charge is 0.494 e. The van der Waals surface area contributed by atoms with E-state index < -0.39 is 49.2 Å². The van der Waals surface area contributed by atoms with Crippen molar-refractivity contribution >= 4 is 30.6 Å². The van der Waals surface area contributed by atoms with Gasteiger partial charge in [0.05, 0.1) is 40.5 Å². The minimum atomic E-state index is -4.53. The Bertz CT molecular complexity index is 1270. The van der Waals surface area contributed by atoms with Gasteiger partial charge in [0.15, 0.2) is 6.23 Å². The van der Waals surface area contributed by atoms with Gasteiger partial charge in [0.25, 0.3) is 0 Å². The van der Waals surface area contributed by atoms with Crippen LogP contribution in [-0.4, -0.2) is 59.2 Å². The number of benzene rings is 1. The van der Waals surface area contributed by atoms with Crippen molar-refractivity contribution in [2.24, 2.45) is 0 Å². The maximum atomic E-state index is 14.2. The molecule has 3 saturated heterocycles. The molecular weight excluding hydrogens is 523 g/mol. The number of hydrogen-bond acceptors (Lipinski definition) is 6. The van der Waals surface area contributed by atoms with Gasteiger partial charge in [-0.3, -0.25) is 0 Å². The molecule has 0 N–H and O–H groups in total. The Hall–Kier alpha value is -1.85. The second-order valence-corrected chi connectivity index (χ2v) is 13.1. The molecule has 218 valence electrons. The summed E-state index contributed by atoms with van der Waals surface area (Å²) in [6, 6.07) is 5.51. The van der Waals surface area contributed by atoms with Crippen LogP contribution in [0.15, 0.2) is 29.9 Å². The molecule has 1 unspecified atom stereocenters. The highest BCUT2D eigenvalue weighted by Crippen LogP contribution is 2.47. The Kier molecular flexibility index (Phi) is 7.31. The molecule has 0 spiro atoms. The predicted molar refractivity (Wildman–Crippen MR) is 148 cm³/mol. The number of allylic oxidation sites excluding steroid dienone is 1. The third kappa shape index (κ3) is 5.38. The summed E-state index contributed by atoms with van der Waals surface area (Å²) in [7, 11) is -2.31. The Morgan fingerprint density at radius 1 is 0.900 bits per heavy atom. The van der Waals surface area contributed by atoms with E-state index in [1.807, 2.05) is 72.2 Å². The normalized spacial score (nSPS) is 26.4. The molecule has 40 heavy (non-hydrogen) atoms. The number of hydrogen-bond donors (Lipinski definition) is 0. The van der Waals surface area contributed by atoms with Gasteiger partial charge in [-0.15, -0.1) is 0 Å². The quantitative estimate of drug-likeness (QED) is 0.378. The molecular formula is C28H39B2F3N2O5. The highest BCUT2D eigenvalue weighted by Gasteiger charge is 2.58. The van der Waals surface area contributed by atoms with Crippen LogP contribution in [0.2, 0.25) is 0 Å². The molecule has 3 aliphatic rings. The maximum absolute atomic E-state index is 14.2. The van der Waals surface area contributed by atoms with Crippen LogP contribution in [0, 0.1) is 0 Å². The first kappa shape index (κ1) is 29.6. The minimum Gasteiger partial charge on any atom is -0.400 e. The summed E-state index contributed by atoms with van der Waals surface area (Å²) in [5.74, 6) is 0. The minimum absolute atomic E-state index is 0.0630. The standard InChI is InChI=1S/C28H39B2F3N2O5/c1-24(2)25(3,4)38-29(37-24)20(16-28(31,32)33)23(30-39-26(5,6)27(7,8)40-30)18-12-13-21-19(15-18)17-34-35(21)22-11-9-10-14-36-22/h12-13,15,17,22H,9-11,14,16H2,1-8H3. The number of nitrogens with zero attached hydrogens (tertiary/aromatic N) is 2. The summed E-state index contributed by atoms with van der Waals surface area (Å²) in [4.78, 5) is 0. The van der Waals surface area contributed by atoms with E-state index in [2.05, 4.69) is 5.10 Å². The lowest BCUT2D eigenvalue weighted by Gasteiger charge is -2.32. The Morgan fingerprint density at radius 3 is 2.00 bits per heavy atom. The molecule has 1 atom stereocenters. The Balaban J connectivity index is 1.67. The van der Waals surface area contributed by atoms with Crippen LogP contribution in [0.4, 0.5) is 13.2 Å². The molecule has 0 aliphatic carbocycles. The van der Waals surface area contributed by atoms with Crippen molar-refractivity contribution in [3.05, 3.63) is 35.4 Å². The molecule has 0 saturated carbocycles. The average Bonchev–Trinajstić information content (AvgIpc) is 3.41. The zero-order valence-electron chi connectivity index (χ0n) is 24.6. The molecule has 3 fully saturated rings. The molecule has 0 amide bonds. The molecule has 5 rings (SSSR count). The van der Waals surface area contributed by atoms with Gasteiger partial charge < -0.3 is 23.4 Å². The van der Waals surface area contributed by atoms with Crippen LogP contribution >= 0.6 is 0 Å². The van der Waals surface area contributed by atoms with Gasteiger partial charge in [0.1, 0.15) is 0 Å². The van der Waals surface area contributed by atoms with Crippen molar-refractivity contribution in [2.75, 3.05) is 6.61 Å². The van der Waals surface area contributed by atoms with E-state index in [0.29, 0.717) is 12.2 Å². The molecule has 4 heterocycles. The molecule has 2 aromatic rings. The topological polar surface area (TPSA) is 64.0 Å². The number of rotatable bonds is 5. The van der Waals surface area contributed by atoms with Crippen molar-refractivity contribution in [2.45, 2.75) is 116 Å². The smallest absolute Gasteiger partial charge is 0.400 e. The van der Waals surface area contributed by atoms with E-state index in [4.69, 9.17) is 23.4 Å². The number of ether oxygens (including phenoxy) is 1. The highest BCUT2D eigenvalue weighted by molar-refractivity contribution is 6.74. The van der Waals surface area contributed by atoms with Gasteiger partial charge in [-0.25, -0.2) is 4.68 Å². The lowest BCUT2D eigenvalue weighted by atomic mass is 9.61. The second kappa shape index (κ2) is 9.87. The zero-order valence-corrected chi connectivity index (χ0v) is 24.6. The molecule has 3 aliphatic heterocycles. The zero-order chi connectivity index (χ0) is 29.3. The van der Waals surface area contributed by atoms with E-state index in [1.165, 1.54) is 0 Å². The van der Waals surface area contributed by atoms with Crippen molar-refractivity contribution in [3.63, 3.8) is 0 Å². The van der Waals surface area contributed by atoms with Gasteiger partial charge in [-0.05, 0) is 103 Å². The molecule has 0 radical (unpaired) electrons. The van der Waals surface area contributed by atoms with Crippen molar-refractivity contribution in [3.8, 4) is 0 Å². The summed E-state index contributed by atoms with van der Waals surface area (Å²) < 4.78 is 75.5. The van der Waals surface area contributed by atoms with Crippen molar-refractivity contribution < 1.29 is 36.5 Å². The summed E-state index contributed by atoms with van der Waals surface area (Å²) in [6.07, 6.45) is -1.29. The van der Waals surface area contributed by atoms with Crippen LogP contribution in [-0.2, 0) is 23.4 Å². The summed E-state index contributed by atoms with van der Waals surface area (Å²) in [5.41, 5.74) is -1.63. The molecule has 1 aromatic heterocycles. The lowest BCUT2D eigenvalue weighted by Crippen LogP contribution is -2.41. The average molecular weight is 562 g/mol. The first-order valence-corrected chi connectivity index (χ1v) is 14.0. The van der Waals surface area contributed by atoms with Gasteiger partial charge in [-0.1, -0.05) is 6.07 Å². The third-order valence-electron chi connectivity index (χ3n) is 9.10. The van der Waals surface area contributed by atoms with Crippen LogP contribution in [0.1, 0.15) is 92.9 Å². The SMILES string of the molecule is CC1(C)OB(C(CC(F)(F)F)=C(B2OC(C)(C)C(C)(C)O2)c2ccc3c(cnn3C3CCCCO3)c2)OC1(C)C. The van der Waals surface area contributed by atoms with Gasteiger partial charge in [0, 0.05) is 12.0 Å². The monoisotopic (exact) mass is 562 g/mol. The number of fused-ring (bicyclic) bond motifs is 1. The number of aromatic nitrogens is 2. The molecule has 0 bridgehead atoms. The second-order valence-electron chi connectivity index (χ2n) is 13.1. The van der Waals surface area contributed by atoms with Gasteiger partial charge in [0.2, 0.25) is 0 Å². The Morgan fingerprint density at radius 2 is 1.48 bits per heavy atom. The first-order chi connectivity index (χ1) is 18.4. The predicted octanol–water partition coefficient (Wildman–Crippen LogP) is 6.70. The highest BCUT2D eigenvalue weighted by atomic mass is 19.4. The summed E-state index contributed by atoms with van der Waals surface area (Å²) in [6.45, 7) is 15.5. The molecule has 7 nitrogen and oxygen atoms in total. The lowest BCUT2D eigenvalue weighted by molar-refractivity contribution is -0.126. The maximum Gasteiger partial charge on any atom is 0.494 e. The van der Waals surface area contributed by atoms with E-state index in [1.54, 1.807) is 12.3 Å². The fourth-order valence-corrected chi connectivity index (χ4v) is 5.31. The van der Waals surface area contributed by atoms with Crippen molar-refractivity contribution in [1.82, 2.24) is 9.78 Å². The van der Waals surface area contributed by atoms with Crippen LogP contribution in [0.5, 0.6) is 0 Å². The van der Waals surface area contributed by atoms with E-state index in [0.717, 1.165) is 30.2 Å². The van der Waals surface area contributed by atoms with E-state index >= 15 is 0 Å². The Labute approximate surface area is 235 Å². The van der Waals surface area contributed by atoms with Crippen LogP contribution in [0.25, 0.3) is 16.4 Å². The number of halogens is 3. The van der Waals surface area contributed by atoms with E-state index in [-0.39, 0.29) is 17.2 Å². The number of alkyl halides is 3. The van der Waals surface area contributed by atoms with Crippen molar-refractivity contribution in [1.29, 1.82) is 0 Å². The fraction of sp³-hybridized carbons (Fsp3) is 0.679. The van der Waals surface area contributed by atoms with Gasteiger partial charge >= 0.3 is 20.4 Å². The van der Waals surface area contributed by atoms with Gasteiger partial charge in [-0.2, -0.15) is 18.3 Å². The third-order valence-corrected chi connectivity index (χ3v) is 9.10. The van der Waals surface area contributed by atoms with E-state index in [9.17, 15) is 13.2 Å². The van der Waals surface area contributed by atoms with Crippen LogP contribution in [0.3, 0.4) is 0 Å². The molecule has 1 aromatic carbocycles. The van der Waals surface area contributed by atoms with Crippen LogP contribution < -0.4 is 0 Å².